The van der Waals surface area contributed by atoms with Crippen molar-refractivity contribution in [2.24, 2.45) is 0 Å². The van der Waals surface area contributed by atoms with Crippen molar-refractivity contribution < 1.29 is 19.2 Å². The van der Waals surface area contributed by atoms with E-state index in [9.17, 15) is 14.7 Å². The third-order valence-electron chi connectivity index (χ3n) is 4.32. The summed E-state index contributed by atoms with van der Waals surface area (Å²) in [6, 6.07) is 0. The van der Waals surface area contributed by atoms with Crippen LogP contribution in [-0.4, -0.2) is 50.1 Å². The minimum absolute atomic E-state index is 0.0871. The first-order valence-electron chi connectivity index (χ1n) is 9.29. The van der Waals surface area contributed by atoms with Crippen LogP contribution < -0.4 is 10.4 Å². The molecule has 0 rings (SSSR count). The van der Waals surface area contributed by atoms with Crippen molar-refractivity contribution >= 4 is 11.9 Å². The zero-order chi connectivity index (χ0) is 18.3. The van der Waals surface area contributed by atoms with E-state index >= 15 is 0 Å². The molecule has 1 N–H and O–H groups in total. The number of amides is 1. The second-order valence-electron chi connectivity index (χ2n) is 7.18. The molecule has 0 saturated carbocycles. The van der Waals surface area contributed by atoms with Gasteiger partial charge in [0.15, 0.2) is 0 Å². The van der Waals surface area contributed by atoms with Crippen molar-refractivity contribution in [3.63, 3.8) is 0 Å². The zero-order valence-corrected chi connectivity index (χ0v) is 15.6. The molecule has 24 heavy (non-hydrogen) atoms. The molecule has 1 amide bonds. The number of aliphatic carboxylic acids is 1. The van der Waals surface area contributed by atoms with E-state index < -0.39 is 5.97 Å². The van der Waals surface area contributed by atoms with Crippen molar-refractivity contribution in [1.82, 2.24) is 5.32 Å². The molecule has 0 atom stereocenters. The van der Waals surface area contributed by atoms with Crippen LogP contribution in [0.5, 0.6) is 0 Å². The van der Waals surface area contributed by atoms with Crippen LogP contribution in [0.15, 0.2) is 12.7 Å². The normalized spacial score (nSPS) is 11.2. The Bertz CT molecular complexity index is 368. The van der Waals surface area contributed by atoms with Gasteiger partial charge < -0.3 is 19.7 Å². The summed E-state index contributed by atoms with van der Waals surface area (Å²) in [5, 5.41) is 13.2. The van der Waals surface area contributed by atoms with Gasteiger partial charge in [0.05, 0.1) is 27.2 Å². The van der Waals surface area contributed by atoms with Gasteiger partial charge in [-0.25, -0.2) is 0 Å². The van der Waals surface area contributed by atoms with E-state index in [2.05, 4.69) is 26.0 Å². The van der Waals surface area contributed by atoms with Gasteiger partial charge in [-0.1, -0.05) is 38.7 Å². The van der Waals surface area contributed by atoms with Crippen LogP contribution in [0, 0.1) is 0 Å². The fourth-order valence-electron chi connectivity index (χ4n) is 2.77. The lowest BCUT2D eigenvalue weighted by Crippen LogP contribution is -2.41. The largest absolute Gasteiger partial charge is 0.550 e. The minimum atomic E-state index is -0.946. The molecule has 0 heterocycles. The SMILES string of the molecule is C=CC(=O)NCCCCCCCCCC[N+](C)(C)CCCC(=O)[O-]. The Labute approximate surface area is 147 Å². The van der Waals surface area contributed by atoms with Gasteiger partial charge in [-0.05, 0) is 31.8 Å². The van der Waals surface area contributed by atoms with Crippen LogP contribution in [0.2, 0.25) is 0 Å². The molecule has 0 fully saturated rings. The van der Waals surface area contributed by atoms with E-state index in [1.807, 2.05) is 0 Å². The van der Waals surface area contributed by atoms with Crippen LogP contribution in [0.1, 0.15) is 64.2 Å². The van der Waals surface area contributed by atoms with Gasteiger partial charge in [0.2, 0.25) is 5.91 Å². The van der Waals surface area contributed by atoms with Crippen LogP contribution in [0.4, 0.5) is 0 Å². The maximum Gasteiger partial charge on any atom is 0.243 e. The van der Waals surface area contributed by atoms with Gasteiger partial charge in [0.25, 0.3) is 0 Å². The Kier molecular flexibility index (Phi) is 13.2. The average molecular weight is 341 g/mol. The topological polar surface area (TPSA) is 69.2 Å². The number of rotatable bonds is 16. The molecule has 0 radical (unpaired) electrons. The minimum Gasteiger partial charge on any atom is -0.550 e. The highest BCUT2D eigenvalue weighted by Crippen LogP contribution is 2.11. The van der Waals surface area contributed by atoms with Gasteiger partial charge >= 0.3 is 0 Å². The van der Waals surface area contributed by atoms with Gasteiger partial charge in [-0.15, -0.1) is 0 Å². The Morgan fingerprint density at radius 1 is 0.917 bits per heavy atom. The molecule has 0 bridgehead atoms. The van der Waals surface area contributed by atoms with Crippen LogP contribution >= 0.6 is 0 Å². The fraction of sp³-hybridized carbons (Fsp3) is 0.789. The van der Waals surface area contributed by atoms with E-state index in [1.54, 1.807) is 0 Å². The Morgan fingerprint density at radius 3 is 1.96 bits per heavy atom. The van der Waals surface area contributed by atoms with Crippen molar-refractivity contribution in [3.8, 4) is 0 Å². The molecule has 0 aliphatic heterocycles. The van der Waals surface area contributed by atoms with E-state index in [1.165, 1.54) is 51.0 Å². The summed E-state index contributed by atoms with van der Waals surface area (Å²) < 4.78 is 0.893. The summed E-state index contributed by atoms with van der Waals surface area (Å²) in [5.74, 6) is -1.03. The number of carboxylic acid groups (broad SMARTS) is 1. The number of nitrogens with one attached hydrogen (secondary N) is 1. The molecule has 0 spiro atoms. The highest BCUT2D eigenvalue weighted by Gasteiger charge is 2.13. The smallest absolute Gasteiger partial charge is 0.243 e. The second kappa shape index (κ2) is 14.0. The van der Waals surface area contributed by atoms with E-state index in [0.717, 1.165) is 30.5 Å². The standard InChI is InChI=1S/C19H36N2O3/c1-4-18(22)20-15-11-9-7-5-6-8-10-12-16-21(2,3)17-13-14-19(23)24/h4H,1,5-17H2,2-3H3,(H-,20,22,23,24). The lowest BCUT2D eigenvalue weighted by Gasteiger charge is -2.30. The highest BCUT2D eigenvalue weighted by atomic mass is 16.4. The third-order valence-corrected chi connectivity index (χ3v) is 4.32. The van der Waals surface area contributed by atoms with E-state index in [-0.39, 0.29) is 12.3 Å². The number of carbonyl (C=O) groups excluding carboxylic acids is 2. The molecule has 5 nitrogen and oxygen atoms in total. The van der Waals surface area contributed by atoms with Crippen molar-refractivity contribution in [2.45, 2.75) is 64.2 Å². The number of nitrogens with zero attached hydrogens (tertiary/aromatic N) is 1. The summed E-state index contributed by atoms with van der Waals surface area (Å²) in [4.78, 5) is 21.4. The maximum atomic E-state index is 10.9. The molecule has 5 heteroatoms. The summed E-state index contributed by atoms with van der Waals surface area (Å²) in [7, 11) is 4.33. The molecular weight excluding hydrogens is 304 g/mol. The van der Waals surface area contributed by atoms with Crippen LogP contribution in [-0.2, 0) is 9.59 Å². The van der Waals surface area contributed by atoms with Gasteiger partial charge in [-0.2, -0.15) is 0 Å². The van der Waals surface area contributed by atoms with Gasteiger partial charge in [-0.3, -0.25) is 4.79 Å². The first-order chi connectivity index (χ1) is 11.4. The summed E-state index contributed by atoms with van der Waals surface area (Å²) in [6.07, 6.45) is 11.9. The van der Waals surface area contributed by atoms with Crippen molar-refractivity contribution in [1.29, 1.82) is 0 Å². The number of hydrogen-bond donors (Lipinski definition) is 1. The molecule has 0 aromatic carbocycles. The molecule has 0 aliphatic carbocycles. The summed E-state index contributed by atoms with van der Waals surface area (Å²) in [6.45, 7) is 6.17. The Hall–Kier alpha value is -1.36. The number of carbonyl (C=O) groups is 2. The first kappa shape index (κ1) is 22.6. The van der Waals surface area contributed by atoms with E-state index in [4.69, 9.17) is 0 Å². The number of hydrogen-bond acceptors (Lipinski definition) is 3. The highest BCUT2D eigenvalue weighted by molar-refractivity contribution is 5.86. The Balaban J connectivity index is 3.36. The predicted octanol–water partition coefficient (Wildman–Crippen LogP) is 2.02. The molecule has 0 unspecified atom stereocenters. The maximum absolute atomic E-state index is 10.9. The number of carboxylic acids is 1. The Morgan fingerprint density at radius 2 is 1.42 bits per heavy atom. The lowest BCUT2D eigenvalue weighted by molar-refractivity contribution is -0.890. The van der Waals surface area contributed by atoms with Crippen LogP contribution in [0.3, 0.4) is 0 Å². The molecule has 0 aromatic rings. The van der Waals surface area contributed by atoms with Crippen molar-refractivity contribution in [3.05, 3.63) is 12.7 Å². The zero-order valence-electron chi connectivity index (χ0n) is 15.6. The van der Waals surface area contributed by atoms with E-state index in [0.29, 0.717) is 6.42 Å². The summed E-state index contributed by atoms with van der Waals surface area (Å²) >= 11 is 0. The molecule has 0 saturated heterocycles. The van der Waals surface area contributed by atoms with Gasteiger partial charge in [0, 0.05) is 18.9 Å². The van der Waals surface area contributed by atoms with Gasteiger partial charge in [0.1, 0.15) is 0 Å². The van der Waals surface area contributed by atoms with Crippen LogP contribution in [0.25, 0.3) is 0 Å². The first-order valence-corrected chi connectivity index (χ1v) is 9.29. The molecule has 0 aliphatic rings. The van der Waals surface area contributed by atoms with Crippen molar-refractivity contribution in [2.75, 3.05) is 33.7 Å². The predicted molar refractivity (Wildman–Crippen MR) is 96.2 cm³/mol. The lowest BCUT2D eigenvalue weighted by atomic mass is 10.1. The number of unbranched alkanes of at least 4 members (excludes halogenated alkanes) is 7. The third kappa shape index (κ3) is 15.5. The number of quaternary nitrogens is 1. The summed E-state index contributed by atoms with van der Waals surface area (Å²) in [5.41, 5.74) is 0. The molecular formula is C19H36N2O3. The average Bonchev–Trinajstić information content (AvgIpc) is 2.51. The quantitative estimate of drug-likeness (QED) is 0.265. The monoisotopic (exact) mass is 340 g/mol. The molecule has 140 valence electrons. The fourth-order valence-corrected chi connectivity index (χ4v) is 2.77. The molecule has 0 aromatic heterocycles. The second-order valence-corrected chi connectivity index (χ2v) is 7.18.